The Morgan fingerprint density at radius 2 is 2.00 bits per heavy atom. The van der Waals surface area contributed by atoms with Crippen LogP contribution in [0.3, 0.4) is 0 Å². The number of nitrogen functional groups attached to an aromatic ring is 1. The second kappa shape index (κ2) is 5.11. The average Bonchev–Trinajstić information content (AvgIpc) is 2.40. The Morgan fingerprint density at radius 3 is 2.53 bits per heavy atom. The van der Waals surface area contributed by atoms with Crippen LogP contribution in [0.5, 0.6) is 0 Å². The maximum Gasteiger partial charge on any atom is 0.248 e. The van der Waals surface area contributed by atoms with Gasteiger partial charge in [-0.05, 0) is 36.5 Å². The van der Waals surface area contributed by atoms with Crippen molar-refractivity contribution < 1.29 is 4.79 Å². The molecule has 19 heavy (non-hydrogen) atoms. The summed E-state index contributed by atoms with van der Waals surface area (Å²) in [5.41, 5.74) is 14.0. The summed E-state index contributed by atoms with van der Waals surface area (Å²) in [4.78, 5) is 13.5. The Hall–Kier alpha value is -1.71. The maximum absolute atomic E-state index is 11.3. The van der Waals surface area contributed by atoms with Crippen LogP contribution in [0, 0.1) is 5.41 Å². The molecule has 0 bridgehead atoms. The fourth-order valence-electron chi connectivity index (χ4n) is 2.61. The molecule has 0 atom stereocenters. The fourth-order valence-corrected chi connectivity index (χ4v) is 2.61. The van der Waals surface area contributed by atoms with Gasteiger partial charge in [-0.3, -0.25) is 4.79 Å². The third-order valence-electron chi connectivity index (χ3n) is 4.48. The molecule has 4 N–H and O–H groups in total. The summed E-state index contributed by atoms with van der Waals surface area (Å²) < 4.78 is 0. The van der Waals surface area contributed by atoms with Gasteiger partial charge in [-0.1, -0.05) is 20.3 Å². The van der Waals surface area contributed by atoms with Crippen molar-refractivity contribution in [2.75, 3.05) is 23.7 Å². The van der Waals surface area contributed by atoms with Gasteiger partial charge in [-0.25, -0.2) is 0 Å². The molecule has 1 aliphatic rings. The van der Waals surface area contributed by atoms with Crippen LogP contribution >= 0.6 is 0 Å². The lowest BCUT2D eigenvalue weighted by Gasteiger charge is -2.40. The second-order valence-corrected chi connectivity index (χ2v) is 5.79. The first-order valence-electron chi connectivity index (χ1n) is 6.89. The van der Waals surface area contributed by atoms with Gasteiger partial charge in [0.15, 0.2) is 0 Å². The van der Waals surface area contributed by atoms with Gasteiger partial charge >= 0.3 is 0 Å². The van der Waals surface area contributed by atoms with Crippen LogP contribution in [-0.2, 0) is 0 Å². The summed E-state index contributed by atoms with van der Waals surface area (Å²) in [6.45, 7) is 6.55. The predicted octanol–water partition coefficient (Wildman–Crippen LogP) is 2.38. The third-order valence-corrected chi connectivity index (χ3v) is 4.48. The highest BCUT2D eigenvalue weighted by Crippen LogP contribution is 2.37. The van der Waals surface area contributed by atoms with Gasteiger partial charge in [-0.15, -0.1) is 0 Å². The average molecular weight is 261 g/mol. The van der Waals surface area contributed by atoms with E-state index in [0.29, 0.717) is 16.7 Å². The number of nitrogens with two attached hydrogens (primary N) is 2. The Morgan fingerprint density at radius 1 is 1.37 bits per heavy atom. The van der Waals surface area contributed by atoms with Crippen molar-refractivity contribution in [1.82, 2.24) is 0 Å². The smallest absolute Gasteiger partial charge is 0.248 e. The number of nitrogens with zero attached hydrogens (tertiary/aromatic N) is 1. The first-order chi connectivity index (χ1) is 8.95. The number of carbonyl (C=O) groups excluding carboxylic acids is 1. The van der Waals surface area contributed by atoms with E-state index in [0.717, 1.165) is 31.6 Å². The van der Waals surface area contributed by atoms with E-state index in [1.54, 1.807) is 12.1 Å². The van der Waals surface area contributed by atoms with E-state index in [-0.39, 0.29) is 0 Å². The summed E-state index contributed by atoms with van der Waals surface area (Å²) in [6, 6.07) is 5.26. The summed E-state index contributed by atoms with van der Waals surface area (Å²) in [5, 5.41) is 0. The zero-order chi connectivity index (χ0) is 14.0. The number of primary amides is 1. The first kappa shape index (κ1) is 13.7. The minimum atomic E-state index is -0.406. The van der Waals surface area contributed by atoms with E-state index in [2.05, 4.69) is 18.7 Å². The Kier molecular flexibility index (Phi) is 3.69. The topological polar surface area (TPSA) is 72.3 Å². The molecule has 1 aromatic carbocycles. The number of rotatable bonds is 3. The van der Waals surface area contributed by atoms with Crippen LogP contribution in [0.15, 0.2) is 18.2 Å². The highest BCUT2D eigenvalue weighted by atomic mass is 16.1. The summed E-state index contributed by atoms with van der Waals surface area (Å²) in [5.74, 6) is -0.406. The highest BCUT2D eigenvalue weighted by Gasteiger charge is 2.29. The standard InChI is InChI=1S/C15H23N3O/c1-3-15(2)6-8-18(9-7-15)13-10-11(14(17)19)4-5-12(13)16/h4-5,10H,3,6-9,16H2,1-2H3,(H2,17,19). The molecule has 4 nitrogen and oxygen atoms in total. The van der Waals surface area contributed by atoms with Crippen LogP contribution in [0.1, 0.15) is 43.5 Å². The molecule has 2 rings (SSSR count). The van der Waals surface area contributed by atoms with Crippen LogP contribution < -0.4 is 16.4 Å². The van der Waals surface area contributed by atoms with Gasteiger partial charge in [0.1, 0.15) is 0 Å². The van der Waals surface area contributed by atoms with Crippen molar-refractivity contribution in [3.8, 4) is 0 Å². The minimum Gasteiger partial charge on any atom is -0.397 e. The van der Waals surface area contributed by atoms with Crippen molar-refractivity contribution >= 4 is 17.3 Å². The Bertz CT molecular complexity index is 476. The van der Waals surface area contributed by atoms with Gasteiger partial charge in [0.25, 0.3) is 0 Å². The van der Waals surface area contributed by atoms with Crippen molar-refractivity contribution in [3.05, 3.63) is 23.8 Å². The second-order valence-electron chi connectivity index (χ2n) is 5.79. The number of carbonyl (C=O) groups is 1. The molecule has 1 heterocycles. The number of hydrogen-bond acceptors (Lipinski definition) is 3. The number of anilines is 2. The SMILES string of the molecule is CCC1(C)CCN(c2cc(C(N)=O)ccc2N)CC1. The molecule has 0 aliphatic carbocycles. The monoisotopic (exact) mass is 261 g/mol. The molecular weight excluding hydrogens is 238 g/mol. The zero-order valence-corrected chi connectivity index (χ0v) is 11.8. The summed E-state index contributed by atoms with van der Waals surface area (Å²) in [7, 11) is 0. The largest absolute Gasteiger partial charge is 0.397 e. The van der Waals surface area contributed by atoms with E-state index < -0.39 is 5.91 Å². The van der Waals surface area contributed by atoms with Gasteiger partial charge in [-0.2, -0.15) is 0 Å². The van der Waals surface area contributed by atoms with E-state index in [9.17, 15) is 4.79 Å². The lowest BCUT2D eigenvalue weighted by molar-refractivity contribution is 0.100. The summed E-state index contributed by atoms with van der Waals surface area (Å²) >= 11 is 0. The molecule has 1 amide bonds. The first-order valence-corrected chi connectivity index (χ1v) is 6.89. The molecule has 0 unspecified atom stereocenters. The normalized spacial score (nSPS) is 18.3. The van der Waals surface area contributed by atoms with Crippen LogP contribution in [0.4, 0.5) is 11.4 Å². The Labute approximate surface area is 114 Å². The molecule has 4 heteroatoms. The molecular formula is C15H23N3O. The number of piperidine rings is 1. The van der Waals surface area contributed by atoms with E-state index in [4.69, 9.17) is 11.5 Å². The number of hydrogen-bond donors (Lipinski definition) is 2. The van der Waals surface area contributed by atoms with E-state index >= 15 is 0 Å². The molecule has 1 fully saturated rings. The van der Waals surface area contributed by atoms with Gasteiger partial charge in [0.2, 0.25) is 5.91 Å². The Balaban J connectivity index is 2.19. The van der Waals surface area contributed by atoms with Crippen molar-refractivity contribution in [2.24, 2.45) is 11.1 Å². The minimum absolute atomic E-state index is 0.406. The van der Waals surface area contributed by atoms with Crippen molar-refractivity contribution in [1.29, 1.82) is 0 Å². The molecule has 0 aromatic heterocycles. The van der Waals surface area contributed by atoms with Crippen LogP contribution in [0.2, 0.25) is 0 Å². The fraction of sp³-hybridized carbons (Fsp3) is 0.533. The highest BCUT2D eigenvalue weighted by molar-refractivity contribution is 5.95. The molecule has 104 valence electrons. The number of benzene rings is 1. The molecule has 0 spiro atoms. The molecule has 1 aromatic rings. The summed E-state index contributed by atoms with van der Waals surface area (Å²) in [6.07, 6.45) is 3.52. The molecule has 0 saturated carbocycles. The maximum atomic E-state index is 11.3. The quantitative estimate of drug-likeness (QED) is 0.820. The van der Waals surface area contributed by atoms with Gasteiger partial charge < -0.3 is 16.4 Å². The molecule has 0 radical (unpaired) electrons. The van der Waals surface area contributed by atoms with Gasteiger partial charge in [0, 0.05) is 18.7 Å². The zero-order valence-electron chi connectivity index (χ0n) is 11.8. The molecule has 1 aliphatic heterocycles. The predicted molar refractivity (Wildman–Crippen MR) is 79.2 cm³/mol. The molecule has 1 saturated heterocycles. The lowest BCUT2D eigenvalue weighted by atomic mass is 9.78. The van der Waals surface area contributed by atoms with E-state index in [1.165, 1.54) is 6.42 Å². The van der Waals surface area contributed by atoms with Crippen LogP contribution in [-0.4, -0.2) is 19.0 Å². The van der Waals surface area contributed by atoms with Gasteiger partial charge in [0.05, 0.1) is 11.4 Å². The number of amides is 1. The lowest BCUT2D eigenvalue weighted by Crippen LogP contribution is -2.38. The third kappa shape index (κ3) is 2.83. The van der Waals surface area contributed by atoms with E-state index in [1.807, 2.05) is 6.07 Å². The van der Waals surface area contributed by atoms with Crippen LogP contribution in [0.25, 0.3) is 0 Å². The van der Waals surface area contributed by atoms with Crippen molar-refractivity contribution in [3.63, 3.8) is 0 Å². The van der Waals surface area contributed by atoms with Crippen molar-refractivity contribution in [2.45, 2.75) is 33.1 Å².